The molecular weight excluding hydrogens is 692 g/mol. The van der Waals surface area contributed by atoms with E-state index < -0.39 is 0 Å². The molecule has 0 fully saturated rings. The molecule has 2 aromatic heterocycles. The molecule has 2 unspecified atom stereocenters. The lowest BCUT2D eigenvalue weighted by Crippen LogP contribution is -2.28. The average Bonchev–Trinajstić information content (AvgIpc) is 3.73. The molecule has 0 N–H and O–H groups in total. The number of anilines is 2. The Kier molecular flexibility index (Phi) is 7.03. The predicted octanol–water partition coefficient (Wildman–Crippen LogP) is 11.9. The molecule has 0 saturated carbocycles. The molecule has 0 radical (unpaired) electrons. The minimum atomic E-state index is 0.116. The lowest BCUT2D eigenvalue weighted by Gasteiger charge is -2.30. The summed E-state index contributed by atoms with van der Waals surface area (Å²) in [6.07, 6.45) is 6.78. The molecule has 0 bridgehead atoms. The van der Waals surface area contributed by atoms with Crippen LogP contribution in [0.5, 0.6) is 0 Å². The monoisotopic (exact) mass is 720 g/mol. The molecule has 0 saturated heterocycles. The second kappa shape index (κ2) is 12.0. The van der Waals surface area contributed by atoms with Gasteiger partial charge in [0.2, 0.25) is 0 Å². The predicted molar refractivity (Wildman–Crippen MR) is 210 cm³/mol. The van der Waals surface area contributed by atoms with Crippen LogP contribution in [0, 0.1) is 0 Å². The van der Waals surface area contributed by atoms with E-state index in [1.165, 1.54) is 11.3 Å². The van der Waals surface area contributed by atoms with Gasteiger partial charge in [0, 0.05) is 49.2 Å². The zero-order chi connectivity index (χ0) is 33.9. The van der Waals surface area contributed by atoms with Gasteiger partial charge in [0.1, 0.15) is 11.2 Å². The second-order valence-corrected chi connectivity index (χ2v) is 13.9. The van der Waals surface area contributed by atoms with Crippen molar-refractivity contribution in [3.8, 4) is 45.3 Å². The molecule has 242 valence electrons. The van der Waals surface area contributed by atoms with E-state index in [-0.39, 0.29) is 12.0 Å². The smallest absolute Gasteiger partial charge is 0.164 e. The fourth-order valence-electron chi connectivity index (χ4n) is 7.51. The number of aromatic nitrogens is 3. The summed E-state index contributed by atoms with van der Waals surface area (Å²) in [5.41, 5.74) is 10.3. The number of nitrogens with zero attached hydrogens (tertiary/aromatic N) is 4. The molecule has 2 aliphatic rings. The van der Waals surface area contributed by atoms with Crippen molar-refractivity contribution < 1.29 is 4.42 Å². The highest BCUT2D eigenvalue weighted by atomic mass is 79.9. The summed E-state index contributed by atoms with van der Waals surface area (Å²) in [4.78, 5) is 17.7. The van der Waals surface area contributed by atoms with Gasteiger partial charge in [-0.3, -0.25) is 0 Å². The number of allylic oxidation sites excluding steroid dienone is 2. The molecule has 10 rings (SSSR count). The average molecular weight is 722 g/mol. The molecule has 2 atom stereocenters. The van der Waals surface area contributed by atoms with Crippen molar-refractivity contribution in [1.82, 2.24) is 15.0 Å². The number of rotatable bonds is 5. The number of furan rings is 1. The van der Waals surface area contributed by atoms with Crippen LogP contribution in [0.15, 0.2) is 173 Å². The van der Waals surface area contributed by atoms with E-state index in [9.17, 15) is 0 Å². The molecule has 3 heterocycles. The first-order valence-electron chi connectivity index (χ1n) is 17.0. The third kappa shape index (κ3) is 5.18. The molecule has 0 spiro atoms. The molecule has 51 heavy (non-hydrogen) atoms. The summed E-state index contributed by atoms with van der Waals surface area (Å²) in [6.45, 7) is 0. The molecular formula is C45H29BrN4O. The highest BCUT2D eigenvalue weighted by molar-refractivity contribution is 9.11. The van der Waals surface area contributed by atoms with Crippen LogP contribution in [0.25, 0.3) is 67.2 Å². The molecule has 1 aliphatic carbocycles. The van der Waals surface area contributed by atoms with Crippen molar-refractivity contribution in [2.45, 2.75) is 12.0 Å². The second-order valence-electron chi connectivity index (χ2n) is 13.0. The van der Waals surface area contributed by atoms with Gasteiger partial charge in [-0.2, -0.15) is 0 Å². The van der Waals surface area contributed by atoms with Gasteiger partial charge in [-0.15, -0.1) is 0 Å². The first-order chi connectivity index (χ1) is 25.2. The maximum atomic E-state index is 6.21. The molecule has 0 amide bonds. The van der Waals surface area contributed by atoms with Gasteiger partial charge >= 0.3 is 0 Å². The van der Waals surface area contributed by atoms with Crippen LogP contribution in [0.4, 0.5) is 11.4 Å². The third-order valence-corrected chi connectivity index (χ3v) is 10.4. The summed E-state index contributed by atoms with van der Waals surface area (Å²) in [7, 11) is 0. The van der Waals surface area contributed by atoms with Crippen molar-refractivity contribution in [2.24, 2.45) is 0 Å². The van der Waals surface area contributed by atoms with Gasteiger partial charge in [-0.25, -0.2) is 15.0 Å². The van der Waals surface area contributed by atoms with E-state index in [4.69, 9.17) is 19.4 Å². The van der Waals surface area contributed by atoms with Gasteiger partial charge < -0.3 is 9.32 Å². The Morgan fingerprint density at radius 1 is 0.529 bits per heavy atom. The van der Waals surface area contributed by atoms with Crippen LogP contribution in [-0.2, 0) is 0 Å². The molecule has 5 nitrogen and oxygen atoms in total. The number of hydrogen-bond donors (Lipinski definition) is 0. The molecule has 1 aliphatic heterocycles. The molecule has 6 heteroatoms. The van der Waals surface area contributed by atoms with Gasteiger partial charge in [0.25, 0.3) is 0 Å². The summed E-state index contributed by atoms with van der Waals surface area (Å²) in [6, 6.07) is 50.5. The Labute approximate surface area is 303 Å². The number of halogens is 1. The van der Waals surface area contributed by atoms with Crippen LogP contribution >= 0.6 is 15.9 Å². The normalized spacial score (nSPS) is 16.3. The summed E-state index contributed by atoms with van der Waals surface area (Å²) < 4.78 is 7.31. The van der Waals surface area contributed by atoms with E-state index in [1.54, 1.807) is 0 Å². The minimum absolute atomic E-state index is 0.116. The lowest BCUT2D eigenvalue weighted by atomic mass is 9.91. The summed E-state index contributed by atoms with van der Waals surface area (Å²) in [5, 5.41) is 2.19. The Bertz CT molecular complexity index is 2620. The standard InChI is InChI=1S/C45H29BrN4O/c46-33-20-21-40-37(27-33)35-15-7-9-17-39(35)50(40)34-24-31(30-19-22-42-38(26-30)36-16-8-10-18-41(36)51-42)23-32(25-34)45-48-43(28-11-3-1-4-12-28)47-44(49-45)29-13-5-2-6-14-29/h1-27,37,40H. The maximum absolute atomic E-state index is 6.21. The van der Waals surface area contributed by atoms with Crippen LogP contribution in [0.1, 0.15) is 11.5 Å². The zero-order valence-electron chi connectivity index (χ0n) is 27.3. The summed E-state index contributed by atoms with van der Waals surface area (Å²) >= 11 is 3.75. The molecule has 8 aromatic rings. The third-order valence-electron chi connectivity index (χ3n) is 9.88. The largest absolute Gasteiger partial charge is 0.456 e. The van der Waals surface area contributed by atoms with Gasteiger partial charge in [0.05, 0.1) is 6.04 Å². The topological polar surface area (TPSA) is 55.1 Å². The van der Waals surface area contributed by atoms with Crippen molar-refractivity contribution in [1.29, 1.82) is 0 Å². The van der Waals surface area contributed by atoms with Crippen molar-refractivity contribution >= 4 is 49.2 Å². The summed E-state index contributed by atoms with van der Waals surface area (Å²) in [5.74, 6) is 2.10. The first-order valence-corrected chi connectivity index (χ1v) is 17.8. The Morgan fingerprint density at radius 2 is 1.16 bits per heavy atom. The first kappa shape index (κ1) is 29.8. The van der Waals surface area contributed by atoms with E-state index >= 15 is 0 Å². The fraction of sp³-hybridized carbons (Fsp3) is 0.0444. The number of benzene rings is 6. The fourth-order valence-corrected chi connectivity index (χ4v) is 7.94. The minimum Gasteiger partial charge on any atom is -0.456 e. The number of para-hydroxylation sites is 2. The van der Waals surface area contributed by atoms with Crippen LogP contribution in [0.3, 0.4) is 0 Å². The van der Waals surface area contributed by atoms with Crippen LogP contribution < -0.4 is 4.90 Å². The van der Waals surface area contributed by atoms with Crippen molar-refractivity contribution in [3.05, 3.63) is 174 Å². The van der Waals surface area contributed by atoms with E-state index in [1.807, 2.05) is 72.8 Å². The Hall–Kier alpha value is -6.11. The number of fused-ring (bicyclic) bond motifs is 6. The van der Waals surface area contributed by atoms with Crippen LogP contribution in [-0.4, -0.2) is 21.0 Å². The van der Waals surface area contributed by atoms with Gasteiger partial charge in [-0.05, 0) is 59.2 Å². The Balaban J connectivity index is 1.21. The highest BCUT2D eigenvalue weighted by Crippen LogP contribution is 2.50. The van der Waals surface area contributed by atoms with E-state index in [2.05, 4.69) is 112 Å². The van der Waals surface area contributed by atoms with Crippen LogP contribution in [0.2, 0.25) is 0 Å². The number of hydrogen-bond acceptors (Lipinski definition) is 5. The van der Waals surface area contributed by atoms with Crippen molar-refractivity contribution in [3.63, 3.8) is 0 Å². The van der Waals surface area contributed by atoms with Crippen molar-refractivity contribution in [2.75, 3.05) is 4.90 Å². The van der Waals surface area contributed by atoms with Gasteiger partial charge in [-0.1, -0.05) is 137 Å². The van der Waals surface area contributed by atoms with E-state index in [0.29, 0.717) is 17.5 Å². The maximum Gasteiger partial charge on any atom is 0.164 e. The quantitative estimate of drug-likeness (QED) is 0.177. The van der Waals surface area contributed by atoms with Gasteiger partial charge in [0.15, 0.2) is 17.5 Å². The molecule has 6 aromatic carbocycles. The Morgan fingerprint density at radius 3 is 1.92 bits per heavy atom. The zero-order valence-corrected chi connectivity index (χ0v) is 28.9. The van der Waals surface area contributed by atoms with E-state index in [0.717, 1.165) is 59.9 Å². The SMILES string of the molecule is BrC1=CC2c3ccccc3N(c3cc(-c4ccc5oc6ccccc6c5c4)cc(-c4nc(-c5ccccc5)nc(-c5ccccc5)n4)c3)C2C=C1. The highest BCUT2D eigenvalue weighted by Gasteiger charge is 2.38. The lowest BCUT2D eigenvalue weighted by molar-refractivity contribution is 0.669.